The highest BCUT2D eigenvalue weighted by Gasteiger charge is 2.33. The van der Waals surface area contributed by atoms with Crippen molar-refractivity contribution in [3.8, 4) is 0 Å². The van der Waals surface area contributed by atoms with Gasteiger partial charge in [0.15, 0.2) is 0 Å². The van der Waals surface area contributed by atoms with E-state index in [1.54, 1.807) is 0 Å². The Kier molecular flexibility index (Phi) is 3.46. The molecule has 0 saturated carbocycles. The van der Waals surface area contributed by atoms with Gasteiger partial charge in [-0.3, -0.25) is 4.79 Å². The van der Waals surface area contributed by atoms with Crippen molar-refractivity contribution in [2.75, 3.05) is 13.1 Å². The molecule has 2 unspecified atom stereocenters. The Morgan fingerprint density at radius 3 is 2.71 bits per heavy atom. The molecule has 3 N–H and O–H groups in total. The van der Waals surface area contributed by atoms with Crippen LogP contribution in [0.2, 0.25) is 0 Å². The van der Waals surface area contributed by atoms with Gasteiger partial charge >= 0.3 is 11.9 Å². The summed E-state index contributed by atoms with van der Waals surface area (Å²) in [5, 5.41) is 8.60. The van der Waals surface area contributed by atoms with Gasteiger partial charge in [-0.25, -0.2) is 4.79 Å². The fraction of sp³-hybridized carbons (Fsp3) is 0.778. The summed E-state index contributed by atoms with van der Waals surface area (Å²) >= 11 is 0. The molecule has 0 bridgehead atoms. The van der Waals surface area contributed by atoms with Gasteiger partial charge in [0.2, 0.25) is 0 Å². The SMILES string of the molecule is CC1CCCN(C(=O)C(=O)O)C1CN. The molecule has 1 aliphatic heterocycles. The summed E-state index contributed by atoms with van der Waals surface area (Å²) in [7, 11) is 0. The number of rotatable bonds is 1. The number of carboxylic acid groups (broad SMARTS) is 1. The van der Waals surface area contributed by atoms with Crippen molar-refractivity contribution in [1.29, 1.82) is 0 Å². The lowest BCUT2D eigenvalue weighted by molar-refractivity contribution is -0.158. The number of nitrogens with two attached hydrogens (primary N) is 1. The highest BCUT2D eigenvalue weighted by molar-refractivity contribution is 6.31. The molecular weight excluding hydrogens is 184 g/mol. The van der Waals surface area contributed by atoms with E-state index in [0.29, 0.717) is 13.1 Å². The van der Waals surface area contributed by atoms with E-state index in [4.69, 9.17) is 10.8 Å². The fourth-order valence-electron chi connectivity index (χ4n) is 1.98. The van der Waals surface area contributed by atoms with Crippen LogP contribution >= 0.6 is 0 Å². The summed E-state index contributed by atoms with van der Waals surface area (Å²) in [5.41, 5.74) is 5.54. The normalized spacial score (nSPS) is 27.4. The maximum absolute atomic E-state index is 11.3. The van der Waals surface area contributed by atoms with Crippen LogP contribution in [0.15, 0.2) is 0 Å². The number of carbonyl (C=O) groups is 2. The zero-order valence-corrected chi connectivity index (χ0v) is 8.27. The van der Waals surface area contributed by atoms with Gasteiger partial charge in [0.25, 0.3) is 0 Å². The van der Waals surface area contributed by atoms with E-state index in [1.165, 1.54) is 4.90 Å². The predicted molar refractivity (Wildman–Crippen MR) is 50.6 cm³/mol. The maximum atomic E-state index is 11.3. The Morgan fingerprint density at radius 2 is 2.21 bits per heavy atom. The third-order valence-electron chi connectivity index (χ3n) is 2.80. The van der Waals surface area contributed by atoms with Crippen molar-refractivity contribution >= 4 is 11.9 Å². The average molecular weight is 200 g/mol. The van der Waals surface area contributed by atoms with Gasteiger partial charge in [-0.1, -0.05) is 6.92 Å². The number of carboxylic acids is 1. The Morgan fingerprint density at radius 1 is 1.57 bits per heavy atom. The minimum atomic E-state index is -1.39. The third kappa shape index (κ3) is 2.04. The molecule has 0 aromatic carbocycles. The van der Waals surface area contributed by atoms with Gasteiger partial charge < -0.3 is 15.7 Å². The second-order valence-electron chi connectivity index (χ2n) is 3.73. The molecule has 1 rings (SSSR count). The highest BCUT2D eigenvalue weighted by Crippen LogP contribution is 2.22. The maximum Gasteiger partial charge on any atom is 0.394 e. The molecule has 5 nitrogen and oxygen atoms in total. The largest absolute Gasteiger partial charge is 0.474 e. The number of carbonyl (C=O) groups excluding carboxylic acids is 1. The van der Waals surface area contributed by atoms with Gasteiger partial charge in [0, 0.05) is 19.1 Å². The lowest BCUT2D eigenvalue weighted by atomic mass is 9.91. The van der Waals surface area contributed by atoms with E-state index in [-0.39, 0.29) is 12.0 Å². The first-order valence-corrected chi connectivity index (χ1v) is 4.82. The van der Waals surface area contributed by atoms with Crippen LogP contribution in [-0.2, 0) is 9.59 Å². The number of hydrogen-bond donors (Lipinski definition) is 2. The lowest BCUT2D eigenvalue weighted by Gasteiger charge is -2.38. The van der Waals surface area contributed by atoms with E-state index in [2.05, 4.69) is 0 Å². The van der Waals surface area contributed by atoms with Crippen LogP contribution in [0.1, 0.15) is 19.8 Å². The van der Waals surface area contributed by atoms with Crippen LogP contribution in [0.25, 0.3) is 0 Å². The van der Waals surface area contributed by atoms with E-state index in [9.17, 15) is 9.59 Å². The third-order valence-corrected chi connectivity index (χ3v) is 2.80. The minimum absolute atomic E-state index is 0.118. The number of amides is 1. The number of aliphatic carboxylic acids is 1. The van der Waals surface area contributed by atoms with Crippen molar-refractivity contribution in [2.24, 2.45) is 11.7 Å². The molecule has 0 aromatic rings. The molecule has 80 valence electrons. The molecule has 2 atom stereocenters. The number of nitrogens with zero attached hydrogens (tertiary/aromatic N) is 1. The molecular formula is C9H16N2O3. The molecule has 1 amide bonds. The molecule has 1 saturated heterocycles. The number of piperidine rings is 1. The standard InChI is InChI=1S/C9H16N2O3/c1-6-3-2-4-11(7(6)5-10)8(12)9(13)14/h6-7H,2-5,10H2,1H3,(H,13,14). The minimum Gasteiger partial charge on any atom is -0.474 e. The Bertz CT molecular complexity index is 242. The highest BCUT2D eigenvalue weighted by atomic mass is 16.4. The van der Waals surface area contributed by atoms with Crippen LogP contribution in [0.5, 0.6) is 0 Å². The molecule has 0 aromatic heterocycles. The van der Waals surface area contributed by atoms with E-state index < -0.39 is 11.9 Å². The first-order valence-electron chi connectivity index (χ1n) is 4.82. The van der Waals surface area contributed by atoms with Crippen molar-refractivity contribution in [3.05, 3.63) is 0 Å². The zero-order chi connectivity index (χ0) is 10.7. The van der Waals surface area contributed by atoms with E-state index >= 15 is 0 Å². The van der Waals surface area contributed by atoms with Crippen LogP contribution in [0.3, 0.4) is 0 Å². The van der Waals surface area contributed by atoms with Crippen LogP contribution < -0.4 is 5.73 Å². The molecule has 0 radical (unpaired) electrons. The summed E-state index contributed by atoms with van der Waals surface area (Å²) in [6.07, 6.45) is 1.86. The number of likely N-dealkylation sites (tertiary alicyclic amines) is 1. The van der Waals surface area contributed by atoms with Crippen LogP contribution in [-0.4, -0.2) is 41.0 Å². The molecule has 14 heavy (non-hydrogen) atoms. The van der Waals surface area contributed by atoms with E-state index in [1.807, 2.05) is 6.92 Å². The molecule has 0 aliphatic carbocycles. The first-order chi connectivity index (χ1) is 6.57. The monoisotopic (exact) mass is 200 g/mol. The summed E-state index contributed by atoms with van der Waals surface area (Å²) in [6, 6.07) is -0.118. The Balaban J connectivity index is 2.74. The second kappa shape index (κ2) is 4.41. The van der Waals surface area contributed by atoms with Crippen molar-refractivity contribution < 1.29 is 14.7 Å². The van der Waals surface area contributed by atoms with Crippen LogP contribution in [0, 0.1) is 5.92 Å². The summed E-state index contributed by atoms with van der Waals surface area (Å²) in [4.78, 5) is 23.2. The fourth-order valence-corrected chi connectivity index (χ4v) is 1.98. The zero-order valence-electron chi connectivity index (χ0n) is 8.27. The lowest BCUT2D eigenvalue weighted by Crippen LogP contribution is -2.53. The summed E-state index contributed by atoms with van der Waals surface area (Å²) in [5.74, 6) is -1.93. The van der Waals surface area contributed by atoms with Gasteiger partial charge in [0.1, 0.15) is 0 Å². The van der Waals surface area contributed by atoms with Crippen molar-refractivity contribution in [3.63, 3.8) is 0 Å². The van der Waals surface area contributed by atoms with Crippen molar-refractivity contribution in [2.45, 2.75) is 25.8 Å². The Hall–Kier alpha value is -1.10. The molecule has 1 fully saturated rings. The first kappa shape index (κ1) is 11.0. The van der Waals surface area contributed by atoms with Crippen molar-refractivity contribution in [1.82, 2.24) is 4.90 Å². The smallest absolute Gasteiger partial charge is 0.394 e. The molecule has 1 aliphatic rings. The summed E-state index contributed by atoms with van der Waals surface area (Å²) < 4.78 is 0. The van der Waals surface area contributed by atoms with Gasteiger partial charge in [-0.2, -0.15) is 0 Å². The molecule has 5 heteroatoms. The van der Waals surface area contributed by atoms with Gasteiger partial charge in [-0.05, 0) is 18.8 Å². The van der Waals surface area contributed by atoms with E-state index in [0.717, 1.165) is 12.8 Å². The average Bonchev–Trinajstić information content (AvgIpc) is 2.16. The Labute approximate surface area is 82.9 Å². The van der Waals surface area contributed by atoms with Gasteiger partial charge in [0.05, 0.1) is 0 Å². The van der Waals surface area contributed by atoms with Crippen LogP contribution in [0.4, 0.5) is 0 Å². The second-order valence-corrected chi connectivity index (χ2v) is 3.73. The summed E-state index contributed by atoms with van der Waals surface area (Å²) in [6.45, 7) is 2.84. The molecule has 1 heterocycles. The van der Waals surface area contributed by atoms with Gasteiger partial charge in [-0.15, -0.1) is 0 Å². The topological polar surface area (TPSA) is 83.6 Å². The molecule has 0 spiro atoms. The predicted octanol–water partition coefficient (Wildman–Crippen LogP) is -0.343. The number of hydrogen-bond acceptors (Lipinski definition) is 3. The quantitative estimate of drug-likeness (QED) is 0.567.